The van der Waals surface area contributed by atoms with Crippen LogP contribution in [0.4, 0.5) is 10.5 Å². The number of carbonyl (C=O) groups is 1. The fourth-order valence-corrected chi connectivity index (χ4v) is 4.37. The van der Waals surface area contributed by atoms with Crippen molar-refractivity contribution in [2.75, 3.05) is 12.0 Å². The Morgan fingerprint density at radius 2 is 1.78 bits per heavy atom. The fraction of sp³-hybridized carbons (Fsp3) is 0.179. The van der Waals surface area contributed by atoms with Gasteiger partial charge < -0.3 is 19.7 Å². The number of aromatic nitrogens is 2. The third-order valence-electron chi connectivity index (χ3n) is 6.46. The van der Waals surface area contributed by atoms with Gasteiger partial charge in [0.2, 0.25) is 5.82 Å². The highest BCUT2D eigenvalue weighted by atomic mass is 16.5. The molecule has 0 saturated heterocycles. The number of amides is 2. The number of methoxy groups -OCH3 is 1. The summed E-state index contributed by atoms with van der Waals surface area (Å²) in [5.41, 5.74) is 5.67. The van der Waals surface area contributed by atoms with Crippen molar-refractivity contribution in [3.8, 4) is 22.9 Å². The van der Waals surface area contributed by atoms with E-state index < -0.39 is 6.04 Å². The second-order valence-electron chi connectivity index (χ2n) is 8.71. The SMILES string of the molecule is COc1ccc(C2NC(=O)N(c3ccc(C)c(C)c3)C(C)=C2c2nc(-c3ccccc3)no2)cc1O. The second-order valence-corrected chi connectivity index (χ2v) is 8.71. The van der Waals surface area contributed by atoms with E-state index in [1.165, 1.54) is 7.11 Å². The van der Waals surface area contributed by atoms with E-state index in [0.29, 0.717) is 28.4 Å². The largest absolute Gasteiger partial charge is 0.504 e. The Hall–Kier alpha value is -4.59. The van der Waals surface area contributed by atoms with Crippen LogP contribution in [0.15, 0.2) is 77.0 Å². The van der Waals surface area contributed by atoms with E-state index in [-0.39, 0.29) is 17.7 Å². The minimum Gasteiger partial charge on any atom is -0.504 e. The number of carbonyl (C=O) groups excluding carboxylic acids is 1. The first-order valence-corrected chi connectivity index (χ1v) is 11.5. The molecule has 4 aromatic rings. The van der Waals surface area contributed by atoms with Crippen LogP contribution in [-0.4, -0.2) is 28.4 Å². The number of nitrogens with one attached hydrogen (secondary N) is 1. The predicted molar refractivity (Wildman–Crippen MR) is 137 cm³/mol. The number of allylic oxidation sites excluding steroid dienone is 1. The Morgan fingerprint density at radius 3 is 2.47 bits per heavy atom. The maximum absolute atomic E-state index is 13.4. The molecule has 1 unspecified atom stereocenters. The number of phenols is 1. The van der Waals surface area contributed by atoms with Gasteiger partial charge in [0.15, 0.2) is 11.5 Å². The van der Waals surface area contributed by atoms with Crippen LogP contribution in [0.5, 0.6) is 11.5 Å². The molecule has 2 heterocycles. The zero-order chi connectivity index (χ0) is 25.4. The highest BCUT2D eigenvalue weighted by Crippen LogP contribution is 2.41. The molecular weight excluding hydrogens is 456 g/mol. The van der Waals surface area contributed by atoms with Crippen molar-refractivity contribution in [3.63, 3.8) is 0 Å². The molecule has 36 heavy (non-hydrogen) atoms. The summed E-state index contributed by atoms with van der Waals surface area (Å²) < 4.78 is 10.9. The molecule has 0 saturated carbocycles. The number of benzene rings is 3. The van der Waals surface area contributed by atoms with Gasteiger partial charge in [0.25, 0.3) is 5.89 Å². The minimum absolute atomic E-state index is 0.0339. The Bertz CT molecular complexity index is 1480. The predicted octanol–water partition coefficient (Wildman–Crippen LogP) is 5.77. The third kappa shape index (κ3) is 4.07. The molecule has 182 valence electrons. The van der Waals surface area contributed by atoms with Gasteiger partial charge >= 0.3 is 6.03 Å². The van der Waals surface area contributed by atoms with Crippen molar-refractivity contribution in [2.24, 2.45) is 0 Å². The molecule has 8 nitrogen and oxygen atoms in total. The molecule has 1 aromatic heterocycles. The standard InChI is InChI=1S/C28H26N4O4/c1-16-10-12-21(14-17(16)2)32-18(3)24(27-30-26(31-36-27)19-8-6-5-7-9-19)25(29-28(32)34)20-11-13-23(35-4)22(33)15-20/h5-15,25,33H,1-4H3,(H,29,34). The number of aryl methyl sites for hydroxylation is 2. The molecule has 0 fully saturated rings. The van der Waals surface area contributed by atoms with Crippen molar-refractivity contribution >= 4 is 17.3 Å². The van der Waals surface area contributed by atoms with Crippen LogP contribution in [0, 0.1) is 13.8 Å². The van der Waals surface area contributed by atoms with E-state index in [4.69, 9.17) is 9.26 Å². The van der Waals surface area contributed by atoms with Crippen molar-refractivity contribution in [1.82, 2.24) is 15.5 Å². The molecule has 0 radical (unpaired) electrons. The van der Waals surface area contributed by atoms with Crippen LogP contribution in [0.1, 0.15) is 35.5 Å². The Morgan fingerprint density at radius 1 is 1.00 bits per heavy atom. The molecule has 0 aliphatic carbocycles. The lowest BCUT2D eigenvalue weighted by atomic mass is 9.94. The van der Waals surface area contributed by atoms with Gasteiger partial charge in [-0.3, -0.25) is 4.90 Å². The zero-order valence-corrected chi connectivity index (χ0v) is 20.4. The van der Waals surface area contributed by atoms with Gasteiger partial charge in [-0.25, -0.2) is 4.79 Å². The fourth-order valence-electron chi connectivity index (χ4n) is 4.37. The molecule has 8 heteroatoms. The maximum atomic E-state index is 13.4. The number of anilines is 1. The van der Waals surface area contributed by atoms with E-state index in [1.54, 1.807) is 23.1 Å². The van der Waals surface area contributed by atoms with Crippen molar-refractivity contribution in [1.29, 1.82) is 0 Å². The zero-order valence-electron chi connectivity index (χ0n) is 20.4. The van der Waals surface area contributed by atoms with E-state index in [9.17, 15) is 9.90 Å². The summed E-state index contributed by atoms with van der Waals surface area (Å²) in [7, 11) is 1.48. The first-order valence-electron chi connectivity index (χ1n) is 11.5. The molecule has 1 aliphatic heterocycles. The van der Waals surface area contributed by atoms with Crippen LogP contribution < -0.4 is 15.0 Å². The summed E-state index contributed by atoms with van der Waals surface area (Å²) >= 11 is 0. The number of urea groups is 1. The lowest BCUT2D eigenvalue weighted by Gasteiger charge is -2.35. The number of ether oxygens (including phenoxy) is 1. The van der Waals surface area contributed by atoms with Crippen LogP contribution in [-0.2, 0) is 0 Å². The summed E-state index contributed by atoms with van der Waals surface area (Å²) in [6.45, 7) is 5.89. The molecule has 0 bridgehead atoms. The smallest absolute Gasteiger partial charge is 0.326 e. The van der Waals surface area contributed by atoms with Gasteiger partial charge in [-0.05, 0) is 61.7 Å². The van der Waals surface area contributed by atoms with Crippen LogP contribution in [0.2, 0.25) is 0 Å². The van der Waals surface area contributed by atoms with E-state index >= 15 is 0 Å². The third-order valence-corrected chi connectivity index (χ3v) is 6.46. The summed E-state index contributed by atoms with van der Waals surface area (Å²) in [6.07, 6.45) is 0. The summed E-state index contributed by atoms with van der Waals surface area (Å²) in [4.78, 5) is 19.7. The van der Waals surface area contributed by atoms with Crippen LogP contribution >= 0.6 is 0 Å². The normalized spacial score (nSPS) is 15.7. The molecule has 3 aromatic carbocycles. The lowest BCUT2D eigenvalue weighted by Crippen LogP contribution is -2.46. The summed E-state index contributed by atoms with van der Waals surface area (Å²) in [5, 5.41) is 17.7. The quantitative estimate of drug-likeness (QED) is 0.375. The first-order chi connectivity index (χ1) is 17.4. The number of hydrogen-bond acceptors (Lipinski definition) is 6. The molecule has 1 atom stereocenters. The molecule has 2 N–H and O–H groups in total. The van der Waals surface area contributed by atoms with Gasteiger partial charge in [-0.1, -0.05) is 47.6 Å². The monoisotopic (exact) mass is 482 g/mol. The topological polar surface area (TPSA) is 101 Å². The number of aromatic hydroxyl groups is 1. The van der Waals surface area contributed by atoms with Gasteiger partial charge in [-0.2, -0.15) is 4.98 Å². The minimum atomic E-state index is -0.638. The molecular formula is C28H26N4O4. The molecule has 5 rings (SSSR count). The number of nitrogens with zero attached hydrogens (tertiary/aromatic N) is 3. The average Bonchev–Trinajstić information content (AvgIpc) is 3.36. The lowest BCUT2D eigenvalue weighted by molar-refractivity contribution is 0.244. The van der Waals surface area contributed by atoms with Crippen molar-refractivity contribution in [2.45, 2.75) is 26.8 Å². The molecule has 2 amide bonds. The second kappa shape index (κ2) is 9.22. The van der Waals surface area contributed by atoms with Crippen molar-refractivity contribution < 1.29 is 19.2 Å². The number of rotatable bonds is 5. The highest BCUT2D eigenvalue weighted by Gasteiger charge is 2.37. The van der Waals surface area contributed by atoms with Gasteiger partial charge in [0.1, 0.15) is 0 Å². The first kappa shape index (κ1) is 23.2. The number of phenolic OH excluding ortho intramolecular Hbond substituents is 1. The van der Waals surface area contributed by atoms with Crippen LogP contribution in [0.25, 0.3) is 17.0 Å². The van der Waals surface area contributed by atoms with Gasteiger partial charge in [0, 0.05) is 11.3 Å². The van der Waals surface area contributed by atoms with Gasteiger partial charge in [0.05, 0.1) is 24.4 Å². The summed E-state index contributed by atoms with van der Waals surface area (Å²) in [6, 6.07) is 19.5. The van der Waals surface area contributed by atoms with Crippen molar-refractivity contribution in [3.05, 3.63) is 95.0 Å². The Balaban J connectivity index is 1.67. The highest BCUT2D eigenvalue weighted by molar-refractivity contribution is 6.01. The number of hydrogen-bond donors (Lipinski definition) is 2. The average molecular weight is 483 g/mol. The Labute approximate surface area is 208 Å². The van der Waals surface area contributed by atoms with E-state index in [2.05, 4.69) is 15.5 Å². The molecule has 0 spiro atoms. The Kier molecular flexibility index (Phi) is 5.93. The molecule has 1 aliphatic rings. The maximum Gasteiger partial charge on any atom is 0.326 e. The van der Waals surface area contributed by atoms with E-state index in [0.717, 1.165) is 22.4 Å². The van der Waals surface area contributed by atoms with Crippen LogP contribution in [0.3, 0.4) is 0 Å². The van der Waals surface area contributed by atoms with Gasteiger partial charge in [-0.15, -0.1) is 0 Å². The summed E-state index contributed by atoms with van der Waals surface area (Å²) in [5.74, 6) is 1.02. The van der Waals surface area contributed by atoms with E-state index in [1.807, 2.05) is 69.3 Å².